The standard InChI is InChI=1S/C15H26N2O/c1-13(5-4-10-16)11-17(2)12-14-6-8-15(18-3)9-7-14/h6-9,13H,4-5,10-12,16H2,1-3H3. The van der Waals surface area contributed by atoms with E-state index in [1.165, 1.54) is 12.0 Å². The molecule has 0 aromatic heterocycles. The highest BCUT2D eigenvalue weighted by molar-refractivity contribution is 5.26. The molecule has 102 valence electrons. The van der Waals surface area contributed by atoms with Crippen LogP contribution in [0.2, 0.25) is 0 Å². The maximum absolute atomic E-state index is 5.53. The van der Waals surface area contributed by atoms with Crippen LogP contribution >= 0.6 is 0 Å². The molecule has 0 aliphatic heterocycles. The van der Waals surface area contributed by atoms with Gasteiger partial charge in [-0.05, 0) is 50.0 Å². The van der Waals surface area contributed by atoms with Gasteiger partial charge in [0.25, 0.3) is 0 Å². The zero-order valence-electron chi connectivity index (χ0n) is 11.9. The maximum Gasteiger partial charge on any atom is 0.118 e. The van der Waals surface area contributed by atoms with Crippen molar-refractivity contribution in [3.63, 3.8) is 0 Å². The van der Waals surface area contributed by atoms with Gasteiger partial charge in [0, 0.05) is 13.1 Å². The first-order valence-corrected chi connectivity index (χ1v) is 6.67. The second kappa shape index (κ2) is 8.11. The van der Waals surface area contributed by atoms with Crippen LogP contribution in [0.4, 0.5) is 0 Å². The minimum atomic E-state index is 0.705. The Hall–Kier alpha value is -1.06. The summed E-state index contributed by atoms with van der Waals surface area (Å²) in [5.41, 5.74) is 6.86. The van der Waals surface area contributed by atoms with E-state index < -0.39 is 0 Å². The van der Waals surface area contributed by atoms with Crippen LogP contribution in [0.1, 0.15) is 25.3 Å². The Morgan fingerprint density at radius 3 is 2.50 bits per heavy atom. The molecule has 1 unspecified atom stereocenters. The summed E-state index contributed by atoms with van der Waals surface area (Å²) in [5, 5.41) is 0. The minimum Gasteiger partial charge on any atom is -0.497 e. The van der Waals surface area contributed by atoms with Gasteiger partial charge in [-0.3, -0.25) is 0 Å². The van der Waals surface area contributed by atoms with Crippen molar-refractivity contribution in [2.24, 2.45) is 11.7 Å². The lowest BCUT2D eigenvalue weighted by Crippen LogP contribution is -2.24. The first kappa shape index (κ1) is 15.0. The quantitative estimate of drug-likeness (QED) is 0.770. The third kappa shape index (κ3) is 5.52. The van der Waals surface area contributed by atoms with Crippen molar-refractivity contribution in [1.29, 1.82) is 0 Å². The van der Waals surface area contributed by atoms with Crippen LogP contribution in [0, 0.1) is 5.92 Å². The summed E-state index contributed by atoms with van der Waals surface area (Å²) in [5.74, 6) is 1.62. The Labute approximate surface area is 111 Å². The zero-order valence-corrected chi connectivity index (χ0v) is 11.9. The monoisotopic (exact) mass is 250 g/mol. The number of hydrogen-bond donors (Lipinski definition) is 1. The molecule has 0 amide bonds. The van der Waals surface area contributed by atoms with Gasteiger partial charge < -0.3 is 15.4 Å². The van der Waals surface area contributed by atoms with E-state index in [0.29, 0.717) is 5.92 Å². The largest absolute Gasteiger partial charge is 0.497 e. The van der Waals surface area contributed by atoms with Gasteiger partial charge in [-0.2, -0.15) is 0 Å². The lowest BCUT2D eigenvalue weighted by Gasteiger charge is -2.21. The van der Waals surface area contributed by atoms with Crippen molar-refractivity contribution in [1.82, 2.24) is 4.90 Å². The van der Waals surface area contributed by atoms with E-state index in [0.717, 1.165) is 31.8 Å². The van der Waals surface area contributed by atoms with Crippen molar-refractivity contribution < 1.29 is 4.74 Å². The lowest BCUT2D eigenvalue weighted by atomic mass is 10.0. The first-order chi connectivity index (χ1) is 8.65. The molecule has 0 aliphatic carbocycles. The highest BCUT2D eigenvalue weighted by atomic mass is 16.5. The van der Waals surface area contributed by atoms with E-state index in [9.17, 15) is 0 Å². The summed E-state index contributed by atoms with van der Waals surface area (Å²) in [7, 11) is 3.86. The SMILES string of the molecule is COc1ccc(CN(C)CC(C)CCCN)cc1. The van der Waals surface area contributed by atoms with Gasteiger partial charge in [0.2, 0.25) is 0 Å². The van der Waals surface area contributed by atoms with Crippen LogP contribution in [0.5, 0.6) is 5.75 Å². The Morgan fingerprint density at radius 2 is 1.94 bits per heavy atom. The molecule has 0 saturated carbocycles. The molecule has 0 aliphatic rings. The molecule has 3 nitrogen and oxygen atoms in total. The molecule has 0 bridgehead atoms. The van der Waals surface area contributed by atoms with Gasteiger partial charge in [-0.15, -0.1) is 0 Å². The van der Waals surface area contributed by atoms with Crippen LogP contribution in [-0.2, 0) is 6.54 Å². The van der Waals surface area contributed by atoms with Crippen molar-refractivity contribution in [2.75, 3.05) is 27.2 Å². The lowest BCUT2D eigenvalue weighted by molar-refractivity contribution is 0.269. The number of benzene rings is 1. The summed E-state index contributed by atoms with van der Waals surface area (Å²) in [6.07, 6.45) is 2.33. The summed E-state index contributed by atoms with van der Waals surface area (Å²) in [4.78, 5) is 2.36. The fraction of sp³-hybridized carbons (Fsp3) is 0.600. The van der Waals surface area contributed by atoms with Crippen LogP contribution in [0.25, 0.3) is 0 Å². The van der Waals surface area contributed by atoms with Crippen LogP contribution in [0.3, 0.4) is 0 Å². The minimum absolute atomic E-state index is 0.705. The maximum atomic E-state index is 5.53. The second-order valence-corrected chi connectivity index (χ2v) is 5.08. The highest BCUT2D eigenvalue weighted by Crippen LogP contribution is 2.14. The Morgan fingerprint density at radius 1 is 1.28 bits per heavy atom. The van der Waals surface area contributed by atoms with Gasteiger partial charge in [0.05, 0.1) is 7.11 Å². The average molecular weight is 250 g/mol. The Bertz CT molecular complexity index is 324. The fourth-order valence-electron chi connectivity index (χ4n) is 2.20. The molecule has 0 saturated heterocycles. The van der Waals surface area contributed by atoms with Crippen LogP contribution < -0.4 is 10.5 Å². The molecule has 1 aromatic rings. The van der Waals surface area contributed by atoms with Crippen molar-refractivity contribution in [3.8, 4) is 5.75 Å². The zero-order chi connectivity index (χ0) is 13.4. The van der Waals surface area contributed by atoms with Crippen LogP contribution in [0.15, 0.2) is 24.3 Å². The summed E-state index contributed by atoms with van der Waals surface area (Å²) >= 11 is 0. The first-order valence-electron chi connectivity index (χ1n) is 6.67. The number of ether oxygens (including phenoxy) is 1. The van der Waals surface area contributed by atoms with Crippen molar-refractivity contribution in [2.45, 2.75) is 26.3 Å². The summed E-state index contributed by atoms with van der Waals surface area (Å²) in [6.45, 7) is 5.19. The van der Waals surface area contributed by atoms with Crippen LogP contribution in [-0.4, -0.2) is 32.1 Å². The molecule has 0 heterocycles. The Kier molecular flexibility index (Phi) is 6.76. The normalized spacial score (nSPS) is 12.7. The molecular formula is C15H26N2O. The predicted molar refractivity (Wildman–Crippen MR) is 76.8 cm³/mol. The van der Waals surface area contributed by atoms with E-state index in [4.69, 9.17) is 10.5 Å². The molecule has 1 aromatic carbocycles. The Balaban J connectivity index is 2.36. The molecule has 18 heavy (non-hydrogen) atoms. The highest BCUT2D eigenvalue weighted by Gasteiger charge is 2.06. The second-order valence-electron chi connectivity index (χ2n) is 5.08. The molecule has 0 spiro atoms. The molecule has 3 heteroatoms. The number of nitrogens with zero attached hydrogens (tertiary/aromatic N) is 1. The van der Waals surface area contributed by atoms with E-state index in [-0.39, 0.29) is 0 Å². The van der Waals surface area contributed by atoms with Gasteiger partial charge in [-0.25, -0.2) is 0 Å². The van der Waals surface area contributed by atoms with E-state index >= 15 is 0 Å². The third-order valence-electron chi connectivity index (χ3n) is 3.14. The number of hydrogen-bond acceptors (Lipinski definition) is 3. The number of methoxy groups -OCH3 is 1. The molecule has 2 N–H and O–H groups in total. The fourth-order valence-corrected chi connectivity index (χ4v) is 2.20. The summed E-state index contributed by atoms with van der Waals surface area (Å²) in [6, 6.07) is 8.28. The van der Waals surface area contributed by atoms with Crippen molar-refractivity contribution in [3.05, 3.63) is 29.8 Å². The number of nitrogens with two attached hydrogens (primary N) is 1. The molecule has 0 fully saturated rings. The average Bonchev–Trinajstić information content (AvgIpc) is 2.37. The predicted octanol–water partition coefficient (Wildman–Crippen LogP) is 2.50. The van der Waals surface area contributed by atoms with Gasteiger partial charge in [0.15, 0.2) is 0 Å². The molecule has 1 rings (SSSR count). The van der Waals surface area contributed by atoms with E-state index in [1.807, 2.05) is 12.1 Å². The molecular weight excluding hydrogens is 224 g/mol. The smallest absolute Gasteiger partial charge is 0.118 e. The van der Waals surface area contributed by atoms with E-state index in [2.05, 4.69) is 31.0 Å². The van der Waals surface area contributed by atoms with Gasteiger partial charge in [-0.1, -0.05) is 19.1 Å². The van der Waals surface area contributed by atoms with Crippen molar-refractivity contribution >= 4 is 0 Å². The molecule has 1 atom stereocenters. The summed E-state index contributed by atoms with van der Waals surface area (Å²) < 4.78 is 5.16. The third-order valence-corrected chi connectivity index (χ3v) is 3.14. The topological polar surface area (TPSA) is 38.5 Å². The molecule has 0 radical (unpaired) electrons. The van der Waals surface area contributed by atoms with E-state index in [1.54, 1.807) is 7.11 Å². The van der Waals surface area contributed by atoms with Gasteiger partial charge >= 0.3 is 0 Å². The number of rotatable bonds is 8. The van der Waals surface area contributed by atoms with Gasteiger partial charge in [0.1, 0.15) is 5.75 Å².